The highest BCUT2D eigenvalue weighted by Gasteiger charge is 2.54. The molecule has 0 heterocycles. The van der Waals surface area contributed by atoms with Gasteiger partial charge in [-0.25, -0.2) is 0 Å². The molecule has 0 amide bonds. The summed E-state index contributed by atoms with van der Waals surface area (Å²) < 4.78 is 0. The third kappa shape index (κ3) is 1.44. The van der Waals surface area contributed by atoms with Crippen LogP contribution in [0.25, 0.3) is 0 Å². The summed E-state index contributed by atoms with van der Waals surface area (Å²) in [6.45, 7) is 7.84. The molecular weight excluding hydrogens is 174 g/mol. The molecule has 1 saturated carbocycles. The Kier molecular flexibility index (Phi) is 2.67. The van der Waals surface area contributed by atoms with Crippen molar-refractivity contribution in [2.45, 2.75) is 59.0 Å². The molecule has 1 fully saturated rings. The molecular formula is C12H21NO. The number of rotatable bonds is 1. The largest absolute Gasteiger partial charge is 0.388 e. The van der Waals surface area contributed by atoms with Gasteiger partial charge >= 0.3 is 0 Å². The summed E-state index contributed by atoms with van der Waals surface area (Å²) >= 11 is 0. The van der Waals surface area contributed by atoms with Crippen molar-refractivity contribution in [2.75, 3.05) is 0 Å². The van der Waals surface area contributed by atoms with E-state index < -0.39 is 11.0 Å². The zero-order valence-electron chi connectivity index (χ0n) is 9.72. The standard InChI is InChI=1S/C12H21NO/c1-10(2)7-5-6-8-12(10,14)11(3,4)9-13/h14H,5-8H2,1-4H3. The molecule has 1 atom stereocenters. The molecule has 14 heavy (non-hydrogen) atoms. The Morgan fingerprint density at radius 2 is 1.71 bits per heavy atom. The Labute approximate surface area is 86.9 Å². The van der Waals surface area contributed by atoms with Crippen LogP contribution < -0.4 is 0 Å². The quantitative estimate of drug-likeness (QED) is 0.699. The molecule has 0 bridgehead atoms. The van der Waals surface area contributed by atoms with E-state index in [1.165, 1.54) is 0 Å². The highest BCUT2D eigenvalue weighted by Crippen LogP contribution is 2.52. The Morgan fingerprint density at radius 1 is 1.21 bits per heavy atom. The van der Waals surface area contributed by atoms with E-state index in [1.807, 2.05) is 13.8 Å². The molecule has 0 aromatic heterocycles. The molecule has 2 nitrogen and oxygen atoms in total. The average molecular weight is 195 g/mol. The minimum atomic E-state index is -0.840. The van der Waals surface area contributed by atoms with E-state index in [9.17, 15) is 5.11 Å². The van der Waals surface area contributed by atoms with E-state index in [0.717, 1.165) is 25.7 Å². The van der Waals surface area contributed by atoms with Crippen molar-refractivity contribution in [1.82, 2.24) is 0 Å². The van der Waals surface area contributed by atoms with Crippen LogP contribution in [0.5, 0.6) is 0 Å². The minimum Gasteiger partial charge on any atom is -0.388 e. The fourth-order valence-corrected chi connectivity index (χ4v) is 2.74. The lowest BCUT2D eigenvalue weighted by Gasteiger charge is -2.52. The normalized spacial score (nSPS) is 32.3. The van der Waals surface area contributed by atoms with Crippen LogP contribution in [0, 0.1) is 22.2 Å². The molecule has 80 valence electrons. The van der Waals surface area contributed by atoms with Crippen molar-refractivity contribution in [3.8, 4) is 6.07 Å². The first kappa shape index (κ1) is 11.5. The van der Waals surface area contributed by atoms with E-state index in [0.29, 0.717) is 0 Å². The van der Waals surface area contributed by atoms with Crippen LogP contribution in [-0.4, -0.2) is 10.7 Å². The van der Waals surface area contributed by atoms with Gasteiger partial charge in [0.05, 0.1) is 17.1 Å². The van der Waals surface area contributed by atoms with E-state index >= 15 is 0 Å². The van der Waals surface area contributed by atoms with E-state index in [4.69, 9.17) is 5.26 Å². The van der Waals surface area contributed by atoms with E-state index in [2.05, 4.69) is 19.9 Å². The van der Waals surface area contributed by atoms with Gasteiger partial charge in [-0.15, -0.1) is 0 Å². The van der Waals surface area contributed by atoms with Crippen LogP contribution in [0.1, 0.15) is 53.4 Å². The molecule has 1 N–H and O–H groups in total. The number of nitrogens with zero attached hydrogens (tertiary/aromatic N) is 1. The predicted octanol–water partition coefficient (Wildman–Crippen LogP) is 2.87. The maximum absolute atomic E-state index is 10.7. The molecule has 0 saturated heterocycles. The maximum atomic E-state index is 10.7. The highest BCUT2D eigenvalue weighted by molar-refractivity contribution is 5.13. The highest BCUT2D eigenvalue weighted by atomic mass is 16.3. The lowest BCUT2D eigenvalue weighted by atomic mass is 9.55. The van der Waals surface area contributed by atoms with Gasteiger partial charge in [0.2, 0.25) is 0 Å². The Balaban J connectivity index is 3.08. The molecule has 1 aliphatic rings. The van der Waals surface area contributed by atoms with Crippen LogP contribution in [0.15, 0.2) is 0 Å². The molecule has 0 radical (unpaired) electrons. The van der Waals surface area contributed by atoms with E-state index in [1.54, 1.807) is 0 Å². The van der Waals surface area contributed by atoms with Crippen molar-refractivity contribution >= 4 is 0 Å². The fraction of sp³-hybridized carbons (Fsp3) is 0.917. The summed E-state index contributed by atoms with van der Waals surface area (Å²) in [7, 11) is 0. The average Bonchev–Trinajstić information content (AvgIpc) is 2.10. The molecule has 0 aromatic carbocycles. The van der Waals surface area contributed by atoms with Gasteiger partial charge in [-0.1, -0.05) is 26.7 Å². The maximum Gasteiger partial charge on any atom is 0.0878 e. The van der Waals surface area contributed by atoms with Crippen molar-refractivity contribution in [2.24, 2.45) is 10.8 Å². The Morgan fingerprint density at radius 3 is 2.14 bits per heavy atom. The topological polar surface area (TPSA) is 44.0 Å². The SMILES string of the molecule is CC(C)(C#N)C1(O)CCCCC1(C)C. The number of nitriles is 1. The summed E-state index contributed by atoms with van der Waals surface area (Å²) in [5.74, 6) is 0. The van der Waals surface area contributed by atoms with E-state index in [-0.39, 0.29) is 5.41 Å². The zero-order valence-corrected chi connectivity index (χ0v) is 9.72. The second kappa shape index (κ2) is 3.24. The zero-order chi connectivity index (χ0) is 11.0. The summed E-state index contributed by atoms with van der Waals surface area (Å²) in [5.41, 5.74) is -1.64. The van der Waals surface area contributed by atoms with Crippen LogP contribution in [0.3, 0.4) is 0 Å². The molecule has 0 spiro atoms. The molecule has 1 rings (SSSR count). The summed E-state index contributed by atoms with van der Waals surface area (Å²) in [5, 5.41) is 19.8. The number of hydrogen-bond acceptors (Lipinski definition) is 2. The van der Waals surface area contributed by atoms with Gasteiger partial charge in [-0.05, 0) is 32.1 Å². The lowest BCUT2D eigenvalue weighted by Crippen LogP contribution is -2.56. The summed E-state index contributed by atoms with van der Waals surface area (Å²) in [4.78, 5) is 0. The van der Waals surface area contributed by atoms with Gasteiger partial charge in [0.25, 0.3) is 0 Å². The number of aliphatic hydroxyl groups is 1. The second-order valence-electron chi connectivity index (χ2n) is 5.69. The van der Waals surface area contributed by atoms with Gasteiger partial charge in [0.1, 0.15) is 0 Å². The molecule has 1 aliphatic carbocycles. The number of hydrogen-bond donors (Lipinski definition) is 1. The summed E-state index contributed by atoms with van der Waals surface area (Å²) in [6.07, 6.45) is 3.96. The van der Waals surface area contributed by atoms with Crippen molar-refractivity contribution in [3.05, 3.63) is 0 Å². The molecule has 1 unspecified atom stereocenters. The van der Waals surface area contributed by atoms with Crippen molar-refractivity contribution in [1.29, 1.82) is 5.26 Å². The first-order chi connectivity index (χ1) is 6.27. The first-order valence-electron chi connectivity index (χ1n) is 5.40. The van der Waals surface area contributed by atoms with Crippen molar-refractivity contribution in [3.63, 3.8) is 0 Å². The van der Waals surface area contributed by atoms with Crippen LogP contribution in [-0.2, 0) is 0 Å². The Bertz CT molecular complexity index is 262. The monoisotopic (exact) mass is 195 g/mol. The Hall–Kier alpha value is -0.550. The fourth-order valence-electron chi connectivity index (χ4n) is 2.74. The van der Waals surface area contributed by atoms with Gasteiger partial charge in [0.15, 0.2) is 0 Å². The summed E-state index contributed by atoms with van der Waals surface area (Å²) in [6, 6.07) is 2.26. The minimum absolute atomic E-state index is 0.148. The third-order valence-corrected chi connectivity index (χ3v) is 4.02. The van der Waals surface area contributed by atoms with Gasteiger partial charge < -0.3 is 5.11 Å². The van der Waals surface area contributed by atoms with Gasteiger partial charge in [0, 0.05) is 0 Å². The second-order valence-corrected chi connectivity index (χ2v) is 5.69. The lowest BCUT2D eigenvalue weighted by molar-refractivity contribution is -0.153. The van der Waals surface area contributed by atoms with Gasteiger partial charge in [-0.2, -0.15) is 5.26 Å². The first-order valence-corrected chi connectivity index (χ1v) is 5.40. The van der Waals surface area contributed by atoms with Crippen LogP contribution in [0.4, 0.5) is 0 Å². The molecule has 0 aromatic rings. The van der Waals surface area contributed by atoms with Crippen LogP contribution >= 0.6 is 0 Å². The smallest absolute Gasteiger partial charge is 0.0878 e. The molecule has 2 heteroatoms. The van der Waals surface area contributed by atoms with Crippen LogP contribution in [0.2, 0.25) is 0 Å². The predicted molar refractivity (Wildman–Crippen MR) is 56.6 cm³/mol. The molecule has 0 aliphatic heterocycles. The van der Waals surface area contributed by atoms with Crippen molar-refractivity contribution < 1.29 is 5.11 Å². The van der Waals surface area contributed by atoms with Gasteiger partial charge in [-0.3, -0.25) is 0 Å². The third-order valence-electron chi connectivity index (χ3n) is 4.02.